The van der Waals surface area contributed by atoms with Crippen molar-refractivity contribution in [3.05, 3.63) is 22.1 Å². The van der Waals surface area contributed by atoms with Crippen LogP contribution in [0.3, 0.4) is 0 Å². The lowest BCUT2D eigenvalue weighted by Gasteiger charge is -2.14. The van der Waals surface area contributed by atoms with E-state index in [1.165, 1.54) is 23.3 Å². The number of anilines is 2. The fraction of sp³-hybridized carbons (Fsp3) is 0.526. The number of nitrogen functional groups attached to an aromatic ring is 1. The molecule has 0 spiro atoms. The third-order valence-corrected chi connectivity index (χ3v) is 7.10. The van der Waals surface area contributed by atoms with Crippen LogP contribution in [0.2, 0.25) is 0 Å². The minimum Gasteiger partial charge on any atom is -0.368 e. The Balaban J connectivity index is 1.64. The Morgan fingerprint density at radius 2 is 1.79 bits per heavy atom. The van der Waals surface area contributed by atoms with Gasteiger partial charge in [0.15, 0.2) is 0 Å². The smallest absolute Gasteiger partial charge is 0.229 e. The molecule has 8 nitrogen and oxygen atoms in total. The highest BCUT2D eigenvalue weighted by Crippen LogP contribution is 2.36. The Kier molecular flexibility index (Phi) is 5.84. The number of thioether (sulfide) groups is 1. The normalized spacial score (nSPS) is 14.8. The zero-order valence-electron chi connectivity index (χ0n) is 17.3. The molecule has 154 valence electrons. The molecule has 0 aromatic carbocycles. The van der Waals surface area contributed by atoms with Crippen molar-refractivity contribution >= 4 is 45.2 Å². The lowest BCUT2D eigenvalue weighted by Crippen LogP contribution is -2.20. The van der Waals surface area contributed by atoms with Gasteiger partial charge in [-0.1, -0.05) is 11.8 Å². The van der Waals surface area contributed by atoms with E-state index in [2.05, 4.69) is 33.7 Å². The standard InChI is InChI=1S/C19H26N8S2/c1-11-12(2)29-17-15(11)16(21-13(22-17)9-27-7-5-6-8-27)28-10-14-23-18(20)25-19(24-14)26(3)4/h5-10H2,1-4H3,(H2,20,23,24,25). The summed E-state index contributed by atoms with van der Waals surface area (Å²) < 4.78 is 0. The number of aromatic nitrogens is 5. The summed E-state index contributed by atoms with van der Waals surface area (Å²) in [6.07, 6.45) is 2.52. The van der Waals surface area contributed by atoms with E-state index in [9.17, 15) is 0 Å². The monoisotopic (exact) mass is 430 g/mol. The first-order valence-electron chi connectivity index (χ1n) is 9.70. The largest absolute Gasteiger partial charge is 0.368 e. The average molecular weight is 431 g/mol. The summed E-state index contributed by atoms with van der Waals surface area (Å²) in [5.41, 5.74) is 7.13. The van der Waals surface area contributed by atoms with Crippen LogP contribution in [0.25, 0.3) is 10.2 Å². The fourth-order valence-corrected chi connectivity index (χ4v) is 5.46. The molecule has 1 aliphatic rings. The quantitative estimate of drug-likeness (QED) is 0.467. The summed E-state index contributed by atoms with van der Waals surface area (Å²) >= 11 is 3.39. The van der Waals surface area contributed by atoms with Crippen molar-refractivity contribution < 1.29 is 0 Å². The first-order chi connectivity index (χ1) is 13.9. The molecule has 10 heteroatoms. The van der Waals surface area contributed by atoms with E-state index in [-0.39, 0.29) is 5.95 Å². The average Bonchev–Trinajstić information content (AvgIpc) is 3.27. The summed E-state index contributed by atoms with van der Waals surface area (Å²) in [6.45, 7) is 7.36. The van der Waals surface area contributed by atoms with Gasteiger partial charge in [0.1, 0.15) is 21.5 Å². The molecule has 4 heterocycles. The van der Waals surface area contributed by atoms with E-state index in [1.807, 2.05) is 19.0 Å². The summed E-state index contributed by atoms with van der Waals surface area (Å²) in [6, 6.07) is 0. The molecule has 4 rings (SSSR count). The highest BCUT2D eigenvalue weighted by molar-refractivity contribution is 7.98. The number of nitrogens with zero attached hydrogens (tertiary/aromatic N) is 7. The van der Waals surface area contributed by atoms with Gasteiger partial charge in [0.25, 0.3) is 0 Å². The first-order valence-corrected chi connectivity index (χ1v) is 11.5. The number of thiophene rings is 1. The Labute approximate surface area is 179 Å². The maximum atomic E-state index is 5.87. The maximum absolute atomic E-state index is 5.87. The SMILES string of the molecule is Cc1sc2nc(CN3CCCC3)nc(SCc3nc(N)nc(N(C)C)n3)c2c1C. The summed E-state index contributed by atoms with van der Waals surface area (Å²) in [5.74, 6) is 2.94. The minimum absolute atomic E-state index is 0.240. The molecule has 1 fully saturated rings. The Bertz CT molecular complexity index is 1030. The van der Waals surface area contributed by atoms with Gasteiger partial charge in [0.05, 0.1) is 12.3 Å². The highest BCUT2D eigenvalue weighted by atomic mass is 32.2. The van der Waals surface area contributed by atoms with Crippen LogP contribution in [0.5, 0.6) is 0 Å². The van der Waals surface area contributed by atoms with Crippen LogP contribution >= 0.6 is 23.1 Å². The number of nitrogens with two attached hydrogens (primary N) is 1. The minimum atomic E-state index is 0.240. The topological polar surface area (TPSA) is 97.0 Å². The van der Waals surface area contributed by atoms with E-state index in [0.717, 1.165) is 40.7 Å². The molecule has 29 heavy (non-hydrogen) atoms. The molecule has 3 aromatic heterocycles. The summed E-state index contributed by atoms with van der Waals surface area (Å²) in [7, 11) is 3.78. The van der Waals surface area contributed by atoms with Gasteiger partial charge >= 0.3 is 0 Å². The molecule has 0 radical (unpaired) electrons. The van der Waals surface area contributed by atoms with Gasteiger partial charge in [-0.3, -0.25) is 4.90 Å². The van der Waals surface area contributed by atoms with Crippen LogP contribution < -0.4 is 10.6 Å². The van der Waals surface area contributed by atoms with Crippen LogP contribution in [-0.2, 0) is 12.3 Å². The predicted molar refractivity (Wildman–Crippen MR) is 120 cm³/mol. The van der Waals surface area contributed by atoms with Crippen molar-refractivity contribution in [3.8, 4) is 0 Å². The van der Waals surface area contributed by atoms with Crippen LogP contribution in [-0.4, -0.2) is 57.0 Å². The summed E-state index contributed by atoms with van der Waals surface area (Å²) in [4.78, 5) is 29.4. The van der Waals surface area contributed by atoms with Crippen molar-refractivity contribution in [2.75, 3.05) is 37.8 Å². The molecule has 3 aromatic rings. The van der Waals surface area contributed by atoms with Gasteiger partial charge in [-0.05, 0) is 45.3 Å². The number of fused-ring (bicyclic) bond motifs is 1. The van der Waals surface area contributed by atoms with Crippen LogP contribution in [0.4, 0.5) is 11.9 Å². The molecule has 2 N–H and O–H groups in total. The number of aryl methyl sites for hydroxylation is 2. The van der Waals surface area contributed by atoms with Crippen LogP contribution in [0, 0.1) is 13.8 Å². The number of likely N-dealkylation sites (tertiary alicyclic amines) is 1. The molecule has 0 aliphatic carbocycles. The molecule has 0 atom stereocenters. The van der Waals surface area contributed by atoms with Crippen molar-refractivity contribution in [1.29, 1.82) is 0 Å². The van der Waals surface area contributed by atoms with E-state index >= 15 is 0 Å². The highest BCUT2D eigenvalue weighted by Gasteiger charge is 2.19. The molecule has 1 aliphatic heterocycles. The summed E-state index contributed by atoms with van der Waals surface area (Å²) in [5, 5.41) is 2.15. The predicted octanol–water partition coefficient (Wildman–Crippen LogP) is 3.03. The van der Waals surface area contributed by atoms with E-state index in [1.54, 1.807) is 23.1 Å². The number of hydrogen-bond acceptors (Lipinski definition) is 10. The van der Waals surface area contributed by atoms with Gasteiger partial charge in [-0.2, -0.15) is 15.0 Å². The number of rotatable bonds is 6. The van der Waals surface area contributed by atoms with E-state index < -0.39 is 0 Å². The lowest BCUT2D eigenvalue weighted by atomic mass is 10.2. The molecule has 0 amide bonds. The Morgan fingerprint density at radius 1 is 1.03 bits per heavy atom. The van der Waals surface area contributed by atoms with Crippen molar-refractivity contribution in [3.63, 3.8) is 0 Å². The zero-order chi connectivity index (χ0) is 20.5. The molecule has 0 unspecified atom stereocenters. The van der Waals surface area contributed by atoms with E-state index in [4.69, 9.17) is 15.7 Å². The molecule has 0 saturated carbocycles. The fourth-order valence-electron chi connectivity index (χ4n) is 3.39. The number of hydrogen-bond donors (Lipinski definition) is 1. The van der Waals surface area contributed by atoms with Gasteiger partial charge in [-0.15, -0.1) is 11.3 Å². The lowest BCUT2D eigenvalue weighted by molar-refractivity contribution is 0.322. The van der Waals surface area contributed by atoms with Crippen molar-refractivity contribution in [2.24, 2.45) is 0 Å². The van der Waals surface area contributed by atoms with Crippen LogP contribution in [0.15, 0.2) is 5.03 Å². The molecular weight excluding hydrogens is 404 g/mol. The van der Waals surface area contributed by atoms with E-state index in [0.29, 0.717) is 17.5 Å². The third kappa shape index (κ3) is 4.44. The third-order valence-electron chi connectivity index (χ3n) is 5.03. The second kappa shape index (κ2) is 8.37. The molecule has 0 bridgehead atoms. The van der Waals surface area contributed by atoms with Crippen molar-refractivity contribution in [2.45, 2.75) is 44.0 Å². The Morgan fingerprint density at radius 3 is 2.52 bits per heavy atom. The van der Waals surface area contributed by atoms with Gasteiger partial charge in [-0.25, -0.2) is 9.97 Å². The second-order valence-corrected chi connectivity index (χ2v) is 9.65. The molecular formula is C19H26N8S2. The van der Waals surface area contributed by atoms with Gasteiger partial charge in [0.2, 0.25) is 11.9 Å². The first kappa shape index (κ1) is 20.2. The van der Waals surface area contributed by atoms with Crippen molar-refractivity contribution in [1.82, 2.24) is 29.8 Å². The Hall–Kier alpha value is -2.04. The van der Waals surface area contributed by atoms with Crippen LogP contribution in [0.1, 0.15) is 34.9 Å². The maximum Gasteiger partial charge on any atom is 0.229 e. The second-order valence-electron chi connectivity index (χ2n) is 7.48. The zero-order valence-corrected chi connectivity index (χ0v) is 18.9. The van der Waals surface area contributed by atoms with Gasteiger partial charge in [0, 0.05) is 24.4 Å². The van der Waals surface area contributed by atoms with Gasteiger partial charge < -0.3 is 10.6 Å². The molecule has 1 saturated heterocycles.